The molecule has 1 fully saturated rings. The molecule has 1 saturated carbocycles. The van der Waals surface area contributed by atoms with Crippen LogP contribution in [0.2, 0.25) is 0 Å². The zero-order valence-electron chi connectivity index (χ0n) is 12.7. The number of imidazole rings is 1. The Labute approximate surface area is 125 Å². The van der Waals surface area contributed by atoms with Crippen LogP contribution in [-0.2, 0) is 6.54 Å². The van der Waals surface area contributed by atoms with Crippen LogP contribution < -0.4 is 11.0 Å². The Morgan fingerprint density at radius 2 is 2.14 bits per heavy atom. The molecule has 0 aliphatic heterocycles. The fourth-order valence-electron chi connectivity index (χ4n) is 2.82. The van der Waals surface area contributed by atoms with Crippen molar-refractivity contribution in [2.24, 2.45) is 0 Å². The summed E-state index contributed by atoms with van der Waals surface area (Å²) in [6, 6.07) is 9.10. The summed E-state index contributed by atoms with van der Waals surface area (Å²) in [5.41, 5.74) is 2.61. The molecule has 1 aromatic carbocycles. The molecule has 3 rings (SSSR count). The van der Waals surface area contributed by atoms with E-state index in [1.165, 1.54) is 11.1 Å². The Morgan fingerprint density at radius 3 is 2.81 bits per heavy atom. The van der Waals surface area contributed by atoms with Crippen LogP contribution in [0.4, 0.5) is 0 Å². The summed E-state index contributed by atoms with van der Waals surface area (Å²) < 4.78 is 3.70. The third-order valence-electron chi connectivity index (χ3n) is 4.09. The van der Waals surface area contributed by atoms with Gasteiger partial charge in [0, 0.05) is 25.0 Å². The van der Waals surface area contributed by atoms with Gasteiger partial charge in [0.25, 0.3) is 0 Å². The van der Waals surface area contributed by atoms with Crippen LogP contribution in [0.1, 0.15) is 43.0 Å². The molecule has 0 saturated heterocycles. The average molecular weight is 285 g/mol. The lowest BCUT2D eigenvalue weighted by molar-refractivity contribution is 0.462. The number of likely N-dealkylation sites (N-methyl/N-ethyl adjacent to an activating group) is 1. The molecule has 2 aromatic rings. The molecule has 0 spiro atoms. The minimum Gasteiger partial charge on any atom is -0.309 e. The van der Waals surface area contributed by atoms with Crippen molar-refractivity contribution in [1.82, 2.24) is 14.5 Å². The molecular formula is C17H23N3O. The highest BCUT2D eigenvalue weighted by Gasteiger charge is 2.26. The van der Waals surface area contributed by atoms with E-state index >= 15 is 0 Å². The molecule has 0 bridgehead atoms. The van der Waals surface area contributed by atoms with E-state index in [2.05, 4.69) is 43.4 Å². The van der Waals surface area contributed by atoms with Crippen molar-refractivity contribution in [1.29, 1.82) is 0 Å². The van der Waals surface area contributed by atoms with E-state index in [1.807, 2.05) is 21.5 Å². The molecular weight excluding hydrogens is 262 g/mol. The van der Waals surface area contributed by atoms with Crippen molar-refractivity contribution in [3.05, 3.63) is 58.3 Å². The first-order chi connectivity index (χ1) is 10.2. The van der Waals surface area contributed by atoms with Crippen LogP contribution in [-0.4, -0.2) is 15.7 Å². The van der Waals surface area contributed by atoms with Crippen molar-refractivity contribution in [2.45, 2.75) is 45.3 Å². The number of hydrogen-bond donors (Lipinski definition) is 1. The van der Waals surface area contributed by atoms with Crippen molar-refractivity contribution >= 4 is 0 Å². The Bertz CT molecular complexity index is 667. The number of benzene rings is 1. The Kier molecular flexibility index (Phi) is 3.97. The second kappa shape index (κ2) is 5.90. The number of rotatable bonds is 6. The van der Waals surface area contributed by atoms with Gasteiger partial charge in [0.2, 0.25) is 0 Å². The van der Waals surface area contributed by atoms with Gasteiger partial charge in [0.05, 0.1) is 6.04 Å². The molecule has 1 aliphatic rings. The minimum atomic E-state index is 0.119. The van der Waals surface area contributed by atoms with E-state index in [1.54, 1.807) is 0 Å². The second-order valence-corrected chi connectivity index (χ2v) is 5.90. The van der Waals surface area contributed by atoms with Crippen LogP contribution in [0.5, 0.6) is 0 Å². The number of hydrogen-bond acceptors (Lipinski definition) is 2. The van der Waals surface area contributed by atoms with E-state index < -0.39 is 0 Å². The van der Waals surface area contributed by atoms with Gasteiger partial charge in [-0.3, -0.25) is 9.13 Å². The summed E-state index contributed by atoms with van der Waals surface area (Å²) in [6.45, 7) is 5.76. The van der Waals surface area contributed by atoms with Crippen molar-refractivity contribution in [3.63, 3.8) is 0 Å². The summed E-state index contributed by atoms with van der Waals surface area (Å²) in [7, 11) is 0. The molecule has 1 N–H and O–H groups in total. The Hall–Kier alpha value is -1.81. The van der Waals surface area contributed by atoms with E-state index in [0.29, 0.717) is 12.6 Å². The zero-order chi connectivity index (χ0) is 14.8. The van der Waals surface area contributed by atoms with Gasteiger partial charge in [0.1, 0.15) is 0 Å². The first-order valence-corrected chi connectivity index (χ1v) is 7.76. The first kappa shape index (κ1) is 14.1. The van der Waals surface area contributed by atoms with E-state index in [0.717, 1.165) is 19.4 Å². The smallest absolute Gasteiger partial charge is 0.309 e. The summed E-state index contributed by atoms with van der Waals surface area (Å²) >= 11 is 0. The summed E-state index contributed by atoms with van der Waals surface area (Å²) in [5, 5.41) is 3.49. The normalized spacial score (nSPS) is 16.1. The maximum Gasteiger partial charge on any atom is 0.328 e. The number of aryl methyl sites for hydroxylation is 1. The number of aromatic nitrogens is 2. The van der Waals surface area contributed by atoms with Gasteiger partial charge in [-0.05, 0) is 31.9 Å². The SMILES string of the molecule is CCNC(Cn1ccn(C2CC2)c1=O)c1cccc(C)c1. The zero-order valence-corrected chi connectivity index (χ0v) is 12.7. The van der Waals surface area contributed by atoms with Crippen molar-refractivity contribution < 1.29 is 0 Å². The molecule has 112 valence electrons. The summed E-state index contributed by atoms with van der Waals surface area (Å²) in [6.07, 6.45) is 6.12. The van der Waals surface area contributed by atoms with Gasteiger partial charge >= 0.3 is 5.69 Å². The van der Waals surface area contributed by atoms with Crippen LogP contribution in [0.25, 0.3) is 0 Å². The lowest BCUT2D eigenvalue weighted by Gasteiger charge is -2.19. The molecule has 1 atom stereocenters. The summed E-state index contributed by atoms with van der Waals surface area (Å²) in [5.74, 6) is 0. The largest absolute Gasteiger partial charge is 0.328 e. The van der Waals surface area contributed by atoms with Crippen molar-refractivity contribution in [2.75, 3.05) is 6.54 Å². The summed E-state index contributed by atoms with van der Waals surface area (Å²) in [4.78, 5) is 12.4. The van der Waals surface area contributed by atoms with Crippen LogP contribution in [0.3, 0.4) is 0 Å². The van der Waals surface area contributed by atoms with Crippen molar-refractivity contribution in [3.8, 4) is 0 Å². The quantitative estimate of drug-likeness (QED) is 0.886. The van der Waals surface area contributed by atoms with Gasteiger partial charge in [-0.15, -0.1) is 0 Å². The molecule has 1 aliphatic carbocycles. The molecule has 1 aromatic heterocycles. The molecule has 4 heteroatoms. The van der Waals surface area contributed by atoms with Gasteiger partial charge in [0.15, 0.2) is 0 Å². The molecule has 4 nitrogen and oxygen atoms in total. The monoisotopic (exact) mass is 285 g/mol. The maximum absolute atomic E-state index is 12.4. The molecule has 21 heavy (non-hydrogen) atoms. The first-order valence-electron chi connectivity index (χ1n) is 7.76. The maximum atomic E-state index is 12.4. The van der Waals surface area contributed by atoms with E-state index in [9.17, 15) is 4.79 Å². The minimum absolute atomic E-state index is 0.119. The van der Waals surface area contributed by atoms with Gasteiger partial charge in [-0.25, -0.2) is 4.79 Å². The third-order valence-corrected chi connectivity index (χ3v) is 4.09. The lowest BCUT2D eigenvalue weighted by atomic mass is 10.0. The highest BCUT2D eigenvalue weighted by Crippen LogP contribution is 2.33. The molecule has 1 unspecified atom stereocenters. The fraction of sp³-hybridized carbons (Fsp3) is 0.471. The van der Waals surface area contributed by atoms with Gasteiger partial charge in [-0.1, -0.05) is 36.8 Å². The van der Waals surface area contributed by atoms with Crippen LogP contribution in [0, 0.1) is 6.92 Å². The second-order valence-electron chi connectivity index (χ2n) is 5.90. The average Bonchev–Trinajstić information content (AvgIpc) is 3.24. The fourth-order valence-corrected chi connectivity index (χ4v) is 2.82. The lowest BCUT2D eigenvalue weighted by Crippen LogP contribution is -2.31. The highest BCUT2D eigenvalue weighted by atomic mass is 16.1. The molecule has 0 radical (unpaired) electrons. The van der Waals surface area contributed by atoms with Gasteiger partial charge < -0.3 is 5.32 Å². The predicted octanol–water partition coefficient (Wildman–Crippen LogP) is 2.64. The molecule has 1 heterocycles. The van der Waals surface area contributed by atoms with E-state index in [-0.39, 0.29) is 11.7 Å². The van der Waals surface area contributed by atoms with E-state index in [4.69, 9.17) is 0 Å². The Balaban J connectivity index is 1.83. The highest BCUT2D eigenvalue weighted by molar-refractivity contribution is 5.25. The number of nitrogens with one attached hydrogen (secondary N) is 1. The van der Waals surface area contributed by atoms with Crippen LogP contribution >= 0.6 is 0 Å². The van der Waals surface area contributed by atoms with Crippen LogP contribution in [0.15, 0.2) is 41.5 Å². The standard InChI is InChI=1S/C17H23N3O/c1-3-18-16(14-6-4-5-13(2)11-14)12-19-9-10-20(17(19)21)15-7-8-15/h4-6,9-11,15-16,18H,3,7-8,12H2,1-2H3. The molecule has 0 amide bonds. The topological polar surface area (TPSA) is 39.0 Å². The number of nitrogens with zero attached hydrogens (tertiary/aromatic N) is 2. The Morgan fingerprint density at radius 1 is 1.33 bits per heavy atom. The van der Waals surface area contributed by atoms with Gasteiger partial charge in [-0.2, -0.15) is 0 Å². The third kappa shape index (κ3) is 3.10. The predicted molar refractivity (Wildman–Crippen MR) is 84.6 cm³/mol.